The van der Waals surface area contributed by atoms with Crippen molar-refractivity contribution >= 4 is 11.2 Å². The summed E-state index contributed by atoms with van der Waals surface area (Å²) in [5.41, 5.74) is 1.65. The Morgan fingerprint density at radius 2 is 2.19 bits per heavy atom. The van der Waals surface area contributed by atoms with Gasteiger partial charge < -0.3 is 15.0 Å². The Morgan fingerprint density at radius 3 is 2.94 bits per heavy atom. The van der Waals surface area contributed by atoms with Crippen LogP contribution in [-0.2, 0) is 6.54 Å². The molecule has 0 aliphatic rings. The van der Waals surface area contributed by atoms with Gasteiger partial charge in [0.05, 0.1) is 18.7 Å². The van der Waals surface area contributed by atoms with Crippen molar-refractivity contribution in [1.82, 2.24) is 20.3 Å². The molecule has 0 bridgehead atoms. The molecular weight excluding hydrogens is 204 g/mol. The van der Waals surface area contributed by atoms with Gasteiger partial charge in [-0.2, -0.15) is 4.98 Å². The van der Waals surface area contributed by atoms with Crippen molar-refractivity contribution in [3.05, 3.63) is 18.0 Å². The highest BCUT2D eigenvalue weighted by atomic mass is 16.5. The van der Waals surface area contributed by atoms with E-state index in [1.807, 2.05) is 19.1 Å². The fraction of sp³-hybridized carbons (Fsp3) is 0.455. The minimum absolute atomic E-state index is 0.618. The molecule has 2 rings (SSSR count). The van der Waals surface area contributed by atoms with E-state index in [0.717, 1.165) is 24.4 Å². The largest absolute Gasteiger partial charge is 0.478 e. The van der Waals surface area contributed by atoms with Gasteiger partial charge in [-0.05, 0) is 19.5 Å². The number of nitrogens with one attached hydrogen (secondary N) is 2. The van der Waals surface area contributed by atoms with E-state index in [1.54, 1.807) is 0 Å². The molecule has 2 N–H and O–H groups in total. The van der Waals surface area contributed by atoms with Crippen molar-refractivity contribution in [3.8, 4) is 5.88 Å². The molecule has 0 aromatic carbocycles. The van der Waals surface area contributed by atoms with Crippen LogP contribution in [0, 0.1) is 0 Å². The van der Waals surface area contributed by atoms with Crippen molar-refractivity contribution < 1.29 is 4.74 Å². The third-order valence-electron chi connectivity index (χ3n) is 2.20. The van der Waals surface area contributed by atoms with Crippen LogP contribution in [0.1, 0.15) is 19.7 Å². The summed E-state index contributed by atoms with van der Waals surface area (Å²) in [6, 6.07) is 3.79. The summed E-state index contributed by atoms with van der Waals surface area (Å²) in [5.74, 6) is 1.52. The molecule has 0 atom stereocenters. The number of pyridine rings is 1. The Hall–Kier alpha value is -1.62. The van der Waals surface area contributed by atoms with Gasteiger partial charge in [0.1, 0.15) is 5.82 Å². The summed E-state index contributed by atoms with van der Waals surface area (Å²) in [7, 11) is 0. The first-order valence-electron chi connectivity index (χ1n) is 5.52. The molecule has 16 heavy (non-hydrogen) atoms. The molecule has 0 aliphatic heterocycles. The molecule has 2 aromatic heterocycles. The van der Waals surface area contributed by atoms with E-state index in [9.17, 15) is 0 Å². The van der Waals surface area contributed by atoms with Crippen LogP contribution in [0.3, 0.4) is 0 Å². The van der Waals surface area contributed by atoms with Crippen LogP contribution in [0.4, 0.5) is 0 Å². The molecule has 0 amide bonds. The van der Waals surface area contributed by atoms with Crippen LogP contribution in [0.5, 0.6) is 5.88 Å². The number of nitrogens with zero attached hydrogens (tertiary/aromatic N) is 2. The summed E-state index contributed by atoms with van der Waals surface area (Å²) < 4.78 is 5.32. The summed E-state index contributed by atoms with van der Waals surface area (Å²) in [6.45, 7) is 6.28. The van der Waals surface area contributed by atoms with E-state index in [-0.39, 0.29) is 0 Å². The predicted molar refractivity (Wildman–Crippen MR) is 62.4 cm³/mol. The highest BCUT2D eigenvalue weighted by Crippen LogP contribution is 2.14. The molecule has 5 heteroatoms. The molecule has 0 radical (unpaired) electrons. The van der Waals surface area contributed by atoms with Gasteiger partial charge in [0.2, 0.25) is 5.88 Å². The normalized spacial score (nSPS) is 10.9. The minimum atomic E-state index is 0.618. The second kappa shape index (κ2) is 4.94. The van der Waals surface area contributed by atoms with E-state index in [2.05, 4.69) is 27.2 Å². The molecule has 0 unspecified atom stereocenters. The van der Waals surface area contributed by atoms with E-state index in [1.165, 1.54) is 0 Å². The lowest BCUT2D eigenvalue weighted by Gasteiger charge is -1.99. The second-order valence-corrected chi connectivity index (χ2v) is 3.42. The molecule has 2 heterocycles. The second-order valence-electron chi connectivity index (χ2n) is 3.42. The Bertz CT molecular complexity index is 466. The zero-order valence-electron chi connectivity index (χ0n) is 9.58. The first-order chi connectivity index (χ1) is 7.83. The highest BCUT2D eigenvalue weighted by Gasteiger charge is 2.04. The fourth-order valence-corrected chi connectivity index (χ4v) is 1.48. The maximum atomic E-state index is 5.32. The van der Waals surface area contributed by atoms with Crippen LogP contribution >= 0.6 is 0 Å². The van der Waals surface area contributed by atoms with Gasteiger partial charge in [-0.3, -0.25) is 0 Å². The van der Waals surface area contributed by atoms with E-state index >= 15 is 0 Å². The van der Waals surface area contributed by atoms with Gasteiger partial charge in [-0.25, -0.2) is 4.98 Å². The van der Waals surface area contributed by atoms with Gasteiger partial charge in [-0.1, -0.05) is 6.92 Å². The average molecular weight is 220 g/mol. The van der Waals surface area contributed by atoms with Crippen molar-refractivity contribution in [2.24, 2.45) is 0 Å². The first kappa shape index (κ1) is 10.9. The van der Waals surface area contributed by atoms with Crippen LogP contribution in [0.25, 0.3) is 11.2 Å². The van der Waals surface area contributed by atoms with Crippen molar-refractivity contribution in [1.29, 1.82) is 0 Å². The monoisotopic (exact) mass is 220 g/mol. The number of imidazole rings is 1. The van der Waals surface area contributed by atoms with E-state index in [4.69, 9.17) is 4.74 Å². The lowest BCUT2D eigenvalue weighted by Crippen LogP contribution is -2.12. The fourth-order valence-electron chi connectivity index (χ4n) is 1.48. The van der Waals surface area contributed by atoms with Crippen molar-refractivity contribution in [2.75, 3.05) is 13.2 Å². The molecule has 0 fully saturated rings. The molecule has 2 aromatic rings. The van der Waals surface area contributed by atoms with Crippen LogP contribution in [-0.4, -0.2) is 28.1 Å². The maximum absolute atomic E-state index is 5.32. The number of rotatable bonds is 5. The average Bonchev–Trinajstić information content (AvgIpc) is 2.68. The van der Waals surface area contributed by atoms with Gasteiger partial charge in [0, 0.05) is 6.07 Å². The summed E-state index contributed by atoms with van der Waals surface area (Å²) in [5, 5.41) is 3.21. The Kier molecular flexibility index (Phi) is 3.36. The summed E-state index contributed by atoms with van der Waals surface area (Å²) in [6.07, 6.45) is 0. The minimum Gasteiger partial charge on any atom is -0.478 e. The predicted octanol–water partition coefficient (Wildman–Crippen LogP) is 1.47. The van der Waals surface area contributed by atoms with Crippen molar-refractivity contribution in [2.45, 2.75) is 20.4 Å². The SMILES string of the molecule is CCNCc1nc2nc(OCC)ccc2[nH]1. The maximum Gasteiger partial charge on any atom is 0.215 e. The number of H-pyrrole nitrogens is 1. The molecule has 0 saturated heterocycles. The Labute approximate surface area is 94.2 Å². The Morgan fingerprint density at radius 1 is 1.31 bits per heavy atom. The van der Waals surface area contributed by atoms with Crippen molar-refractivity contribution in [3.63, 3.8) is 0 Å². The molecule has 0 aliphatic carbocycles. The number of aromatic nitrogens is 3. The summed E-state index contributed by atoms with van der Waals surface area (Å²) >= 11 is 0. The third-order valence-corrected chi connectivity index (χ3v) is 2.20. The highest BCUT2D eigenvalue weighted by molar-refractivity contribution is 5.71. The van der Waals surface area contributed by atoms with Gasteiger partial charge in [0.25, 0.3) is 0 Å². The number of hydrogen-bond donors (Lipinski definition) is 2. The Balaban J connectivity index is 2.23. The number of hydrogen-bond acceptors (Lipinski definition) is 4. The topological polar surface area (TPSA) is 62.8 Å². The van der Waals surface area contributed by atoms with E-state index in [0.29, 0.717) is 18.1 Å². The standard InChI is InChI=1S/C11H16N4O/c1-3-12-7-9-13-8-5-6-10(16-4-2)15-11(8)14-9/h5-6,12H,3-4,7H2,1-2H3,(H,13,14,15). The van der Waals surface area contributed by atoms with Crippen LogP contribution < -0.4 is 10.1 Å². The first-order valence-corrected chi connectivity index (χ1v) is 5.52. The molecule has 86 valence electrons. The quantitative estimate of drug-likeness (QED) is 0.801. The van der Waals surface area contributed by atoms with Crippen LogP contribution in [0.15, 0.2) is 12.1 Å². The molecule has 5 nitrogen and oxygen atoms in total. The number of ether oxygens (including phenoxy) is 1. The number of aromatic amines is 1. The zero-order valence-corrected chi connectivity index (χ0v) is 9.58. The molecular formula is C11H16N4O. The van der Waals surface area contributed by atoms with Gasteiger partial charge in [0.15, 0.2) is 5.65 Å². The zero-order chi connectivity index (χ0) is 11.4. The lowest BCUT2D eigenvalue weighted by atomic mass is 10.4. The van der Waals surface area contributed by atoms with Gasteiger partial charge >= 0.3 is 0 Å². The number of fused-ring (bicyclic) bond motifs is 1. The summed E-state index contributed by atoms with van der Waals surface area (Å²) in [4.78, 5) is 11.9. The molecule has 0 spiro atoms. The van der Waals surface area contributed by atoms with Gasteiger partial charge in [-0.15, -0.1) is 0 Å². The molecule has 0 saturated carbocycles. The smallest absolute Gasteiger partial charge is 0.215 e. The lowest BCUT2D eigenvalue weighted by molar-refractivity contribution is 0.328. The third kappa shape index (κ3) is 2.30. The van der Waals surface area contributed by atoms with E-state index < -0.39 is 0 Å². The van der Waals surface area contributed by atoms with Crippen LogP contribution in [0.2, 0.25) is 0 Å².